The van der Waals surface area contributed by atoms with Gasteiger partial charge in [0, 0.05) is 30.4 Å². The average molecular weight is 248 g/mol. The number of nitrogens with two attached hydrogens (primary N) is 1. The molecule has 1 aromatic heterocycles. The second-order valence-electron chi connectivity index (χ2n) is 6.25. The van der Waals surface area contributed by atoms with Gasteiger partial charge in [0.2, 0.25) is 0 Å². The minimum absolute atomic E-state index is 0.321. The zero-order chi connectivity index (χ0) is 12.7. The highest BCUT2D eigenvalue weighted by Crippen LogP contribution is 2.35. The summed E-state index contributed by atoms with van der Waals surface area (Å²) in [5.74, 6) is 2.76. The molecule has 18 heavy (non-hydrogen) atoms. The number of hydrogen-bond donors (Lipinski definition) is 2. The molecule has 0 spiro atoms. The van der Waals surface area contributed by atoms with Crippen molar-refractivity contribution >= 4 is 5.82 Å². The molecule has 0 saturated carbocycles. The summed E-state index contributed by atoms with van der Waals surface area (Å²) in [5.41, 5.74) is 8.83. The van der Waals surface area contributed by atoms with Crippen LogP contribution in [-0.2, 0) is 12.8 Å². The van der Waals surface area contributed by atoms with E-state index in [1.165, 1.54) is 29.9 Å². The Morgan fingerprint density at radius 3 is 2.89 bits per heavy atom. The highest BCUT2D eigenvalue weighted by molar-refractivity contribution is 5.51. The monoisotopic (exact) mass is 248 g/mol. The minimum Gasteiger partial charge on any atom is -0.353 e. The number of aromatic nitrogens is 2. The van der Waals surface area contributed by atoms with Gasteiger partial charge in [0.25, 0.3) is 0 Å². The van der Waals surface area contributed by atoms with Crippen molar-refractivity contribution in [3.05, 3.63) is 11.3 Å². The van der Waals surface area contributed by atoms with E-state index in [2.05, 4.69) is 28.9 Å². The zero-order valence-electron chi connectivity index (χ0n) is 11.4. The van der Waals surface area contributed by atoms with Crippen molar-refractivity contribution < 1.29 is 0 Å². The third kappa shape index (κ3) is 2.03. The first-order chi connectivity index (χ1) is 8.65. The lowest BCUT2D eigenvalue weighted by Gasteiger charge is -2.27. The molecule has 1 saturated heterocycles. The van der Waals surface area contributed by atoms with E-state index in [9.17, 15) is 0 Å². The summed E-state index contributed by atoms with van der Waals surface area (Å²) >= 11 is 0. The first kappa shape index (κ1) is 12.0. The number of fused-ring (bicyclic) bond motifs is 1. The third-order valence-electron chi connectivity index (χ3n) is 4.63. The summed E-state index contributed by atoms with van der Waals surface area (Å²) in [6, 6.07) is 0.321. The lowest BCUT2D eigenvalue weighted by atomic mass is 9.80. The van der Waals surface area contributed by atoms with Gasteiger partial charge in [-0.15, -0.1) is 0 Å². The number of H-pyrrole nitrogens is 1. The second kappa shape index (κ2) is 4.57. The highest BCUT2D eigenvalue weighted by atomic mass is 15.3. The fourth-order valence-corrected chi connectivity index (χ4v) is 3.32. The summed E-state index contributed by atoms with van der Waals surface area (Å²) in [6.45, 7) is 6.69. The summed E-state index contributed by atoms with van der Waals surface area (Å²) in [4.78, 5) is 2.36. The molecule has 1 fully saturated rings. The van der Waals surface area contributed by atoms with Crippen molar-refractivity contribution in [1.82, 2.24) is 10.2 Å². The standard InChI is InChI=1S/C14H24N4/c1-9(2)10-3-4-13-12(7-10)14(17-16-13)18-6-5-11(15)8-18/h9-11H,3-8,15H2,1-2H3,(H,16,17). The molecule has 3 rings (SSSR count). The molecular formula is C14H24N4. The van der Waals surface area contributed by atoms with Crippen molar-refractivity contribution in [2.24, 2.45) is 17.6 Å². The van der Waals surface area contributed by atoms with Gasteiger partial charge in [-0.25, -0.2) is 0 Å². The van der Waals surface area contributed by atoms with Gasteiger partial charge >= 0.3 is 0 Å². The smallest absolute Gasteiger partial charge is 0.153 e. The highest BCUT2D eigenvalue weighted by Gasteiger charge is 2.29. The summed E-state index contributed by atoms with van der Waals surface area (Å²) in [6.07, 6.45) is 4.73. The molecule has 2 heterocycles. The van der Waals surface area contributed by atoms with Gasteiger partial charge in [-0.1, -0.05) is 13.8 Å². The van der Waals surface area contributed by atoms with Gasteiger partial charge in [-0.05, 0) is 37.5 Å². The lowest BCUT2D eigenvalue weighted by Crippen LogP contribution is -2.28. The minimum atomic E-state index is 0.321. The molecule has 2 atom stereocenters. The molecule has 0 radical (unpaired) electrons. The number of anilines is 1. The van der Waals surface area contributed by atoms with Crippen LogP contribution in [0.15, 0.2) is 0 Å². The number of nitrogens with one attached hydrogen (secondary N) is 1. The number of aromatic amines is 1. The molecule has 1 aliphatic heterocycles. The van der Waals surface area contributed by atoms with Gasteiger partial charge in [-0.2, -0.15) is 5.10 Å². The number of hydrogen-bond acceptors (Lipinski definition) is 3. The molecule has 2 unspecified atom stereocenters. The van der Waals surface area contributed by atoms with Gasteiger partial charge in [0.1, 0.15) is 0 Å². The van der Waals surface area contributed by atoms with Gasteiger partial charge < -0.3 is 10.6 Å². The van der Waals surface area contributed by atoms with Gasteiger partial charge in [-0.3, -0.25) is 5.10 Å². The Kier molecular flexibility index (Phi) is 3.06. The van der Waals surface area contributed by atoms with Crippen molar-refractivity contribution in [3.63, 3.8) is 0 Å². The number of rotatable bonds is 2. The van der Waals surface area contributed by atoms with E-state index in [0.717, 1.165) is 37.8 Å². The fourth-order valence-electron chi connectivity index (χ4n) is 3.32. The van der Waals surface area contributed by atoms with Gasteiger partial charge in [0.05, 0.1) is 0 Å². The van der Waals surface area contributed by atoms with E-state index in [-0.39, 0.29) is 0 Å². The van der Waals surface area contributed by atoms with Crippen molar-refractivity contribution in [2.75, 3.05) is 18.0 Å². The lowest BCUT2D eigenvalue weighted by molar-refractivity contribution is 0.342. The first-order valence-corrected chi connectivity index (χ1v) is 7.21. The largest absolute Gasteiger partial charge is 0.353 e. The van der Waals surface area contributed by atoms with Crippen LogP contribution in [-0.4, -0.2) is 29.3 Å². The number of nitrogens with zero attached hydrogens (tertiary/aromatic N) is 2. The van der Waals surface area contributed by atoms with Crippen LogP contribution in [0.1, 0.15) is 37.9 Å². The van der Waals surface area contributed by atoms with Crippen LogP contribution in [0.25, 0.3) is 0 Å². The topological polar surface area (TPSA) is 57.9 Å². The summed E-state index contributed by atoms with van der Waals surface area (Å²) in [5, 5.41) is 7.80. The maximum atomic E-state index is 6.00. The Morgan fingerprint density at radius 2 is 2.22 bits per heavy atom. The first-order valence-electron chi connectivity index (χ1n) is 7.21. The Labute approximate surface area is 109 Å². The van der Waals surface area contributed by atoms with E-state index < -0.39 is 0 Å². The summed E-state index contributed by atoms with van der Waals surface area (Å²) < 4.78 is 0. The van der Waals surface area contributed by atoms with E-state index in [1.54, 1.807) is 0 Å². The van der Waals surface area contributed by atoms with Crippen LogP contribution in [0.4, 0.5) is 5.82 Å². The Bertz CT molecular complexity index is 423. The van der Waals surface area contributed by atoms with E-state index in [1.807, 2.05) is 0 Å². The molecule has 0 aromatic carbocycles. The normalized spacial score (nSPS) is 27.9. The third-order valence-corrected chi connectivity index (χ3v) is 4.63. The van der Waals surface area contributed by atoms with E-state index >= 15 is 0 Å². The van der Waals surface area contributed by atoms with Crippen LogP contribution in [0.3, 0.4) is 0 Å². The van der Waals surface area contributed by atoms with Crippen LogP contribution in [0.2, 0.25) is 0 Å². The number of aryl methyl sites for hydroxylation is 1. The van der Waals surface area contributed by atoms with Crippen molar-refractivity contribution in [2.45, 2.75) is 45.6 Å². The van der Waals surface area contributed by atoms with Crippen molar-refractivity contribution in [3.8, 4) is 0 Å². The average Bonchev–Trinajstić information content (AvgIpc) is 2.93. The molecule has 100 valence electrons. The molecule has 3 N–H and O–H groups in total. The predicted octanol–water partition coefficient (Wildman–Crippen LogP) is 1.71. The SMILES string of the molecule is CC(C)C1CCc2[nH]nc(N3CCC(N)C3)c2C1. The van der Waals surface area contributed by atoms with Crippen LogP contribution in [0, 0.1) is 11.8 Å². The second-order valence-corrected chi connectivity index (χ2v) is 6.25. The molecule has 1 aliphatic carbocycles. The van der Waals surface area contributed by atoms with Crippen LogP contribution < -0.4 is 10.6 Å². The molecule has 0 bridgehead atoms. The fraction of sp³-hybridized carbons (Fsp3) is 0.786. The van der Waals surface area contributed by atoms with Crippen LogP contribution >= 0.6 is 0 Å². The summed E-state index contributed by atoms with van der Waals surface area (Å²) in [7, 11) is 0. The predicted molar refractivity (Wildman–Crippen MR) is 73.7 cm³/mol. The maximum absolute atomic E-state index is 6.00. The molecule has 4 nitrogen and oxygen atoms in total. The maximum Gasteiger partial charge on any atom is 0.153 e. The Hall–Kier alpha value is -1.03. The van der Waals surface area contributed by atoms with E-state index in [0.29, 0.717) is 6.04 Å². The Morgan fingerprint density at radius 1 is 1.39 bits per heavy atom. The van der Waals surface area contributed by atoms with Gasteiger partial charge in [0.15, 0.2) is 5.82 Å². The Balaban J connectivity index is 1.83. The van der Waals surface area contributed by atoms with E-state index in [4.69, 9.17) is 5.73 Å². The quantitative estimate of drug-likeness (QED) is 0.837. The molecule has 2 aliphatic rings. The zero-order valence-corrected chi connectivity index (χ0v) is 11.4. The van der Waals surface area contributed by atoms with Crippen molar-refractivity contribution in [1.29, 1.82) is 0 Å². The molecular weight excluding hydrogens is 224 g/mol. The molecule has 1 aromatic rings. The molecule has 4 heteroatoms. The molecule has 0 amide bonds. The van der Waals surface area contributed by atoms with Crippen LogP contribution in [0.5, 0.6) is 0 Å².